The molecule has 0 fully saturated rings. The first-order valence-electron chi connectivity index (χ1n) is 5.96. The number of benzene rings is 1. The van der Waals surface area contributed by atoms with Crippen LogP contribution in [0.1, 0.15) is 12.6 Å². The summed E-state index contributed by atoms with van der Waals surface area (Å²) in [6.07, 6.45) is 2.56. The third-order valence-corrected chi connectivity index (χ3v) is 3.82. The SMILES string of the molecule is CCNCc1ncoc1-c1cccc(S(C)(=O)=O)c1. The summed E-state index contributed by atoms with van der Waals surface area (Å²) in [4.78, 5) is 4.42. The van der Waals surface area contributed by atoms with Gasteiger partial charge in [-0.25, -0.2) is 13.4 Å². The van der Waals surface area contributed by atoms with E-state index >= 15 is 0 Å². The van der Waals surface area contributed by atoms with Crippen molar-refractivity contribution in [3.05, 3.63) is 36.4 Å². The summed E-state index contributed by atoms with van der Waals surface area (Å²) < 4.78 is 28.5. The van der Waals surface area contributed by atoms with Crippen molar-refractivity contribution < 1.29 is 12.8 Å². The lowest BCUT2D eigenvalue weighted by atomic mass is 10.1. The van der Waals surface area contributed by atoms with Crippen LogP contribution in [0.3, 0.4) is 0 Å². The number of hydrogen-bond donors (Lipinski definition) is 1. The van der Waals surface area contributed by atoms with Gasteiger partial charge in [0.25, 0.3) is 0 Å². The van der Waals surface area contributed by atoms with Gasteiger partial charge in [-0.1, -0.05) is 19.1 Å². The highest BCUT2D eigenvalue weighted by Crippen LogP contribution is 2.25. The van der Waals surface area contributed by atoms with Crippen LogP contribution in [0.25, 0.3) is 11.3 Å². The van der Waals surface area contributed by atoms with Gasteiger partial charge >= 0.3 is 0 Å². The molecule has 19 heavy (non-hydrogen) atoms. The van der Waals surface area contributed by atoms with Crippen LogP contribution in [0.2, 0.25) is 0 Å². The third-order valence-electron chi connectivity index (χ3n) is 2.71. The minimum Gasteiger partial charge on any atom is -0.443 e. The molecule has 0 bridgehead atoms. The zero-order valence-corrected chi connectivity index (χ0v) is 11.7. The van der Waals surface area contributed by atoms with Crippen molar-refractivity contribution in [3.8, 4) is 11.3 Å². The molecule has 2 rings (SSSR count). The van der Waals surface area contributed by atoms with E-state index in [1.165, 1.54) is 12.6 Å². The van der Waals surface area contributed by atoms with E-state index < -0.39 is 9.84 Å². The maximum atomic E-state index is 11.6. The Kier molecular flexibility index (Phi) is 4.01. The molecular formula is C13H16N2O3S. The number of nitrogens with zero attached hydrogens (tertiary/aromatic N) is 1. The summed E-state index contributed by atoms with van der Waals surface area (Å²) in [6, 6.07) is 6.68. The van der Waals surface area contributed by atoms with E-state index in [-0.39, 0.29) is 4.90 Å². The van der Waals surface area contributed by atoms with Crippen LogP contribution in [-0.4, -0.2) is 26.2 Å². The van der Waals surface area contributed by atoms with Crippen LogP contribution in [0.4, 0.5) is 0 Å². The van der Waals surface area contributed by atoms with Gasteiger partial charge in [-0.3, -0.25) is 0 Å². The minimum atomic E-state index is -3.22. The first-order valence-corrected chi connectivity index (χ1v) is 7.85. The molecule has 1 aromatic carbocycles. The van der Waals surface area contributed by atoms with Gasteiger partial charge < -0.3 is 9.73 Å². The van der Waals surface area contributed by atoms with E-state index in [0.29, 0.717) is 17.9 Å². The molecule has 6 heteroatoms. The molecule has 0 aliphatic carbocycles. The lowest BCUT2D eigenvalue weighted by molar-refractivity contribution is 0.569. The van der Waals surface area contributed by atoms with E-state index in [2.05, 4.69) is 10.3 Å². The van der Waals surface area contributed by atoms with Crippen molar-refractivity contribution in [3.63, 3.8) is 0 Å². The van der Waals surface area contributed by atoms with Gasteiger partial charge in [0.2, 0.25) is 0 Å². The highest BCUT2D eigenvalue weighted by Gasteiger charge is 2.13. The molecule has 0 amide bonds. The van der Waals surface area contributed by atoms with E-state index in [1.54, 1.807) is 18.2 Å². The fourth-order valence-corrected chi connectivity index (χ4v) is 2.41. The molecule has 102 valence electrons. The van der Waals surface area contributed by atoms with Gasteiger partial charge in [0.15, 0.2) is 22.0 Å². The number of oxazole rings is 1. The van der Waals surface area contributed by atoms with Crippen molar-refractivity contribution in [2.75, 3.05) is 12.8 Å². The predicted octanol–water partition coefficient (Wildman–Crippen LogP) is 1.85. The second kappa shape index (κ2) is 5.54. The Labute approximate surface area is 112 Å². The summed E-state index contributed by atoms with van der Waals surface area (Å²) in [5.41, 5.74) is 1.49. The summed E-state index contributed by atoms with van der Waals surface area (Å²) in [7, 11) is -3.22. The average Bonchev–Trinajstić information content (AvgIpc) is 2.83. The van der Waals surface area contributed by atoms with Crippen molar-refractivity contribution in [2.45, 2.75) is 18.4 Å². The minimum absolute atomic E-state index is 0.274. The highest BCUT2D eigenvalue weighted by atomic mass is 32.2. The molecule has 1 aromatic heterocycles. The van der Waals surface area contributed by atoms with Crippen LogP contribution in [-0.2, 0) is 16.4 Å². The van der Waals surface area contributed by atoms with Gasteiger partial charge in [0.1, 0.15) is 5.69 Å². The number of nitrogens with one attached hydrogen (secondary N) is 1. The molecule has 0 atom stereocenters. The van der Waals surface area contributed by atoms with Crippen LogP contribution in [0.5, 0.6) is 0 Å². The Bertz CT molecular complexity index is 662. The standard InChI is InChI=1S/C13H16N2O3S/c1-3-14-8-12-13(18-9-15-12)10-5-4-6-11(7-10)19(2,16)17/h4-7,9,14H,3,8H2,1-2H3. The highest BCUT2D eigenvalue weighted by molar-refractivity contribution is 7.90. The second-order valence-electron chi connectivity index (χ2n) is 4.21. The number of aromatic nitrogens is 1. The van der Waals surface area contributed by atoms with Crippen LogP contribution in [0.15, 0.2) is 40.0 Å². The van der Waals surface area contributed by atoms with Crippen molar-refractivity contribution in [1.29, 1.82) is 0 Å². The van der Waals surface area contributed by atoms with E-state index in [0.717, 1.165) is 12.2 Å². The Balaban J connectivity index is 2.40. The maximum absolute atomic E-state index is 11.6. The van der Waals surface area contributed by atoms with Crippen molar-refractivity contribution in [2.24, 2.45) is 0 Å². The lowest BCUT2D eigenvalue weighted by Crippen LogP contribution is -2.12. The van der Waals surface area contributed by atoms with E-state index in [1.807, 2.05) is 13.0 Å². The average molecular weight is 280 g/mol. The maximum Gasteiger partial charge on any atom is 0.181 e. The van der Waals surface area contributed by atoms with Crippen LogP contribution < -0.4 is 5.32 Å². The Hall–Kier alpha value is -1.66. The number of sulfone groups is 1. The van der Waals surface area contributed by atoms with Crippen molar-refractivity contribution >= 4 is 9.84 Å². The third kappa shape index (κ3) is 3.21. The second-order valence-corrected chi connectivity index (χ2v) is 6.22. The number of rotatable bonds is 5. The smallest absolute Gasteiger partial charge is 0.181 e. The van der Waals surface area contributed by atoms with E-state index in [9.17, 15) is 8.42 Å². The van der Waals surface area contributed by atoms with Crippen molar-refractivity contribution in [1.82, 2.24) is 10.3 Å². The molecule has 0 radical (unpaired) electrons. The predicted molar refractivity (Wildman–Crippen MR) is 72.4 cm³/mol. The number of hydrogen-bond acceptors (Lipinski definition) is 5. The summed E-state index contributed by atoms with van der Waals surface area (Å²) in [5.74, 6) is 0.603. The summed E-state index contributed by atoms with van der Waals surface area (Å²) in [6.45, 7) is 3.42. The van der Waals surface area contributed by atoms with Crippen LogP contribution in [0, 0.1) is 0 Å². The zero-order chi connectivity index (χ0) is 13.9. The topological polar surface area (TPSA) is 72.2 Å². The zero-order valence-electron chi connectivity index (χ0n) is 10.9. The molecule has 1 heterocycles. The Morgan fingerprint density at radius 2 is 2.16 bits per heavy atom. The summed E-state index contributed by atoms with van der Waals surface area (Å²) >= 11 is 0. The first-order chi connectivity index (χ1) is 9.02. The van der Waals surface area contributed by atoms with E-state index in [4.69, 9.17) is 4.42 Å². The molecule has 0 unspecified atom stereocenters. The van der Waals surface area contributed by atoms with Gasteiger partial charge in [0, 0.05) is 18.4 Å². The molecule has 0 saturated heterocycles. The van der Waals surface area contributed by atoms with Gasteiger partial charge in [-0.2, -0.15) is 0 Å². The van der Waals surface area contributed by atoms with Crippen LogP contribution >= 0.6 is 0 Å². The monoisotopic (exact) mass is 280 g/mol. The quantitative estimate of drug-likeness (QED) is 0.905. The van der Waals surface area contributed by atoms with Gasteiger partial charge in [0.05, 0.1) is 4.90 Å². The molecule has 1 N–H and O–H groups in total. The van der Waals surface area contributed by atoms with Gasteiger partial charge in [-0.05, 0) is 18.7 Å². The molecule has 0 aliphatic heterocycles. The lowest BCUT2D eigenvalue weighted by Gasteiger charge is -2.04. The van der Waals surface area contributed by atoms with Gasteiger partial charge in [-0.15, -0.1) is 0 Å². The molecule has 2 aromatic rings. The molecule has 0 saturated carbocycles. The molecular weight excluding hydrogens is 264 g/mol. The Morgan fingerprint density at radius 3 is 2.84 bits per heavy atom. The normalized spacial score (nSPS) is 11.7. The molecule has 5 nitrogen and oxygen atoms in total. The summed E-state index contributed by atoms with van der Waals surface area (Å²) in [5, 5.41) is 3.16. The molecule has 0 aliphatic rings. The fourth-order valence-electron chi connectivity index (χ4n) is 1.74. The molecule has 0 spiro atoms. The fraction of sp³-hybridized carbons (Fsp3) is 0.308. The largest absolute Gasteiger partial charge is 0.443 e. The Morgan fingerprint density at radius 1 is 1.37 bits per heavy atom. The first kappa shape index (κ1) is 13.8.